The van der Waals surface area contributed by atoms with Crippen LogP contribution in [0.25, 0.3) is 0 Å². The Hall–Kier alpha value is -2.82. The van der Waals surface area contributed by atoms with Crippen molar-refractivity contribution in [2.75, 3.05) is 0 Å². The van der Waals surface area contributed by atoms with E-state index in [0.29, 0.717) is 11.1 Å². The highest BCUT2D eigenvalue weighted by Gasteiger charge is 2.44. The maximum Gasteiger partial charge on any atom is 0.173 e. The van der Waals surface area contributed by atoms with Crippen LogP contribution >= 0.6 is 23.5 Å². The van der Waals surface area contributed by atoms with Gasteiger partial charge in [0.1, 0.15) is 0 Å². The standard InChI is InChI=1S/C26H18O2S2/c27-25-19-13-7-15-21(29-17-9-3-1-4-10-17)23(19)26(28)24-20(25)14-8-16-22(24)30-18-11-5-2-6-12-18/h1-16,19,23H. The quantitative estimate of drug-likeness (QED) is 0.465. The molecule has 146 valence electrons. The molecule has 2 unspecified atom stereocenters. The van der Waals surface area contributed by atoms with Crippen LogP contribution in [0.1, 0.15) is 20.7 Å². The summed E-state index contributed by atoms with van der Waals surface area (Å²) in [5.41, 5.74) is 1.10. The highest BCUT2D eigenvalue weighted by Crippen LogP contribution is 2.46. The first-order valence-corrected chi connectivity index (χ1v) is 11.4. The largest absolute Gasteiger partial charge is 0.293 e. The summed E-state index contributed by atoms with van der Waals surface area (Å²) in [6.45, 7) is 0. The molecule has 3 aromatic rings. The van der Waals surface area contributed by atoms with Crippen LogP contribution in [0.4, 0.5) is 0 Å². The molecular formula is C26H18O2S2. The highest BCUT2D eigenvalue weighted by molar-refractivity contribution is 8.03. The number of fused-ring (bicyclic) bond motifs is 2. The predicted molar refractivity (Wildman–Crippen MR) is 122 cm³/mol. The fourth-order valence-electron chi connectivity index (χ4n) is 3.94. The first-order chi connectivity index (χ1) is 14.7. The molecule has 4 heteroatoms. The van der Waals surface area contributed by atoms with Crippen LogP contribution in [0.5, 0.6) is 0 Å². The van der Waals surface area contributed by atoms with Gasteiger partial charge >= 0.3 is 0 Å². The third kappa shape index (κ3) is 3.47. The van der Waals surface area contributed by atoms with Crippen LogP contribution in [0, 0.1) is 11.8 Å². The van der Waals surface area contributed by atoms with Crippen LogP contribution in [-0.4, -0.2) is 11.6 Å². The number of carbonyl (C=O) groups is 2. The SMILES string of the molecule is O=C1c2cccc(Sc3ccccc3)c2C(=O)C2C(Sc3ccccc3)=CC=CC12. The summed E-state index contributed by atoms with van der Waals surface area (Å²) >= 11 is 3.11. The summed E-state index contributed by atoms with van der Waals surface area (Å²) in [6.07, 6.45) is 5.76. The van der Waals surface area contributed by atoms with Gasteiger partial charge in [0, 0.05) is 30.7 Å². The third-order valence-electron chi connectivity index (χ3n) is 5.32. The van der Waals surface area contributed by atoms with Crippen LogP contribution in [0.15, 0.2) is 117 Å². The van der Waals surface area contributed by atoms with Crippen LogP contribution < -0.4 is 0 Å². The molecule has 0 spiro atoms. The Bertz CT molecular complexity index is 1180. The molecule has 3 aromatic carbocycles. The average molecular weight is 427 g/mol. The molecule has 2 aliphatic rings. The lowest BCUT2D eigenvalue weighted by Crippen LogP contribution is -2.37. The van der Waals surface area contributed by atoms with Crippen molar-refractivity contribution in [2.45, 2.75) is 14.7 Å². The minimum Gasteiger partial charge on any atom is -0.293 e. The van der Waals surface area contributed by atoms with Gasteiger partial charge in [-0.2, -0.15) is 0 Å². The van der Waals surface area contributed by atoms with E-state index >= 15 is 0 Å². The molecule has 0 N–H and O–H groups in total. The zero-order valence-corrected chi connectivity index (χ0v) is 17.7. The normalized spacial score (nSPS) is 19.8. The van der Waals surface area contributed by atoms with E-state index in [-0.39, 0.29) is 11.6 Å². The second-order valence-electron chi connectivity index (χ2n) is 7.19. The fourth-order valence-corrected chi connectivity index (χ4v) is 6.04. The summed E-state index contributed by atoms with van der Waals surface area (Å²) in [6, 6.07) is 25.5. The number of benzene rings is 3. The van der Waals surface area contributed by atoms with Gasteiger partial charge in [0.25, 0.3) is 0 Å². The topological polar surface area (TPSA) is 34.1 Å². The minimum absolute atomic E-state index is 0.0284. The predicted octanol–water partition coefficient (Wildman–Crippen LogP) is 6.70. The molecule has 30 heavy (non-hydrogen) atoms. The number of hydrogen-bond donors (Lipinski definition) is 0. The fraction of sp³-hybridized carbons (Fsp3) is 0.0769. The maximum absolute atomic E-state index is 13.8. The van der Waals surface area contributed by atoms with E-state index in [1.54, 1.807) is 17.8 Å². The lowest BCUT2D eigenvalue weighted by atomic mass is 9.72. The molecule has 0 saturated heterocycles. The van der Waals surface area contributed by atoms with Gasteiger partial charge in [0.15, 0.2) is 11.6 Å². The zero-order chi connectivity index (χ0) is 20.5. The van der Waals surface area contributed by atoms with Crippen molar-refractivity contribution in [3.63, 3.8) is 0 Å². The van der Waals surface area contributed by atoms with Crippen molar-refractivity contribution >= 4 is 35.1 Å². The Labute approximate surface area is 184 Å². The van der Waals surface area contributed by atoms with Gasteiger partial charge in [-0.1, -0.05) is 90.3 Å². The zero-order valence-electron chi connectivity index (χ0n) is 16.0. The average Bonchev–Trinajstić information content (AvgIpc) is 2.79. The number of allylic oxidation sites excluding steroid dienone is 4. The highest BCUT2D eigenvalue weighted by atomic mass is 32.2. The summed E-state index contributed by atoms with van der Waals surface area (Å²) in [5.74, 6) is -0.829. The van der Waals surface area contributed by atoms with Gasteiger partial charge in [0.05, 0.1) is 11.8 Å². The van der Waals surface area contributed by atoms with E-state index < -0.39 is 11.8 Å². The van der Waals surface area contributed by atoms with Crippen molar-refractivity contribution in [3.05, 3.63) is 113 Å². The lowest BCUT2D eigenvalue weighted by Gasteiger charge is -2.33. The van der Waals surface area contributed by atoms with Gasteiger partial charge in [-0.15, -0.1) is 0 Å². The molecule has 0 amide bonds. The Morgan fingerprint density at radius 3 is 2.03 bits per heavy atom. The summed E-state index contributed by atoms with van der Waals surface area (Å²) in [7, 11) is 0. The van der Waals surface area contributed by atoms with Crippen molar-refractivity contribution in [3.8, 4) is 0 Å². The van der Waals surface area contributed by atoms with Gasteiger partial charge in [0.2, 0.25) is 0 Å². The Kier molecular flexibility index (Phi) is 5.19. The molecule has 2 aliphatic carbocycles. The first-order valence-electron chi connectivity index (χ1n) is 9.78. The molecule has 0 saturated carbocycles. The smallest absolute Gasteiger partial charge is 0.173 e. The van der Waals surface area contributed by atoms with E-state index in [1.807, 2.05) is 91.0 Å². The summed E-state index contributed by atoms with van der Waals surface area (Å²) in [4.78, 5) is 31.0. The molecule has 0 fully saturated rings. The van der Waals surface area contributed by atoms with E-state index in [1.165, 1.54) is 11.8 Å². The van der Waals surface area contributed by atoms with E-state index in [2.05, 4.69) is 0 Å². The number of hydrogen-bond acceptors (Lipinski definition) is 4. The maximum atomic E-state index is 13.8. The van der Waals surface area contributed by atoms with Crippen LogP contribution in [0.3, 0.4) is 0 Å². The van der Waals surface area contributed by atoms with E-state index in [0.717, 1.165) is 19.6 Å². The number of thioether (sulfide) groups is 1. The molecular weight excluding hydrogens is 408 g/mol. The lowest BCUT2D eigenvalue weighted by molar-refractivity contribution is 0.0796. The minimum atomic E-state index is -0.460. The van der Waals surface area contributed by atoms with E-state index in [9.17, 15) is 9.59 Å². The van der Waals surface area contributed by atoms with Crippen molar-refractivity contribution in [2.24, 2.45) is 11.8 Å². The van der Waals surface area contributed by atoms with Gasteiger partial charge in [-0.3, -0.25) is 9.59 Å². The van der Waals surface area contributed by atoms with Gasteiger partial charge in [-0.05, 0) is 30.3 Å². The molecule has 2 nitrogen and oxygen atoms in total. The Balaban J connectivity index is 1.55. The summed E-state index contributed by atoms with van der Waals surface area (Å²) < 4.78 is 0. The van der Waals surface area contributed by atoms with Crippen LogP contribution in [0.2, 0.25) is 0 Å². The molecule has 5 rings (SSSR count). The molecule has 0 radical (unpaired) electrons. The number of Topliss-reactive ketones (excluding diaryl/α,β-unsaturated/α-hetero) is 2. The Morgan fingerprint density at radius 2 is 1.33 bits per heavy atom. The molecule has 0 aliphatic heterocycles. The van der Waals surface area contributed by atoms with Gasteiger partial charge in [-0.25, -0.2) is 0 Å². The second-order valence-corrected chi connectivity index (χ2v) is 9.46. The van der Waals surface area contributed by atoms with E-state index in [4.69, 9.17) is 0 Å². The van der Waals surface area contributed by atoms with Crippen LogP contribution in [-0.2, 0) is 0 Å². The number of ketones is 2. The number of rotatable bonds is 4. The van der Waals surface area contributed by atoms with Crippen molar-refractivity contribution < 1.29 is 9.59 Å². The monoisotopic (exact) mass is 426 g/mol. The summed E-state index contributed by atoms with van der Waals surface area (Å²) in [5, 5.41) is 0. The van der Waals surface area contributed by atoms with Gasteiger partial charge < -0.3 is 0 Å². The Morgan fingerprint density at radius 1 is 0.667 bits per heavy atom. The van der Waals surface area contributed by atoms with Crippen molar-refractivity contribution in [1.82, 2.24) is 0 Å². The molecule has 0 heterocycles. The third-order valence-corrected chi connectivity index (χ3v) is 7.52. The molecule has 0 bridgehead atoms. The number of carbonyl (C=O) groups excluding carboxylic acids is 2. The first kappa shape index (κ1) is 19.2. The second kappa shape index (κ2) is 8.13. The molecule has 2 atom stereocenters. The molecule has 0 aromatic heterocycles. The van der Waals surface area contributed by atoms with Crippen molar-refractivity contribution in [1.29, 1.82) is 0 Å².